The molecule has 1 fully saturated rings. The van der Waals surface area contributed by atoms with E-state index in [-0.39, 0.29) is 12.1 Å². The summed E-state index contributed by atoms with van der Waals surface area (Å²) in [5.74, 6) is 0.0793. The average Bonchev–Trinajstić information content (AvgIpc) is 3.10. The summed E-state index contributed by atoms with van der Waals surface area (Å²) in [6.45, 7) is 3.68. The molecular weight excluding hydrogens is 326 g/mol. The minimum Gasteiger partial charge on any atom is -0.382 e. The molecule has 1 saturated heterocycles. The van der Waals surface area contributed by atoms with Crippen molar-refractivity contribution in [2.45, 2.75) is 38.5 Å². The second-order valence-corrected chi connectivity index (χ2v) is 7.20. The molecule has 3 heterocycles. The molecule has 0 radical (unpaired) electrons. The third-order valence-corrected chi connectivity index (χ3v) is 5.26. The Balaban J connectivity index is 1.55. The minimum atomic E-state index is -0.735. The Labute approximate surface area is 154 Å². The Morgan fingerprint density at radius 2 is 2.08 bits per heavy atom. The maximum atomic E-state index is 12.8. The van der Waals surface area contributed by atoms with Gasteiger partial charge in [0.25, 0.3) is 5.91 Å². The second-order valence-electron chi connectivity index (χ2n) is 7.20. The lowest BCUT2D eigenvalue weighted by atomic mass is 10.0. The van der Waals surface area contributed by atoms with E-state index in [0.29, 0.717) is 5.57 Å². The lowest BCUT2D eigenvalue weighted by Crippen LogP contribution is -2.39. The molecule has 5 nitrogen and oxygen atoms in total. The Kier molecular flexibility index (Phi) is 4.55. The van der Waals surface area contributed by atoms with Crippen molar-refractivity contribution in [2.24, 2.45) is 0 Å². The third kappa shape index (κ3) is 3.15. The number of benzene rings is 1. The van der Waals surface area contributed by atoms with E-state index in [1.54, 1.807) is 0 Å². The van der Waals surface area contributed by atoms with Crippen LogP contribution in [0.25, 0.3) is 0 Å². The van der Waals surface area contributed by atoms with Gasteiger partial charge in [-0.15, -0.1) is 0 Å². The van der Waals surface area contributed by atoms with Gasteiger partial charge in [-0.05, 0) is 43.9 Å². The summed E-state index contributed by atoms with van der Waals surface area (Å²) >= 11 is 0. The maximum absolute atomic E-state index is 12.8. The highest BCUT2D eigenvalue weighted by Gasteiger charge is 2.32. The van der Waals surface area contributed by atoms with Crippen LogP contribution in [0.4, 0.5) is 0 Å². The number of carbonyl (C=O) groups is 1. The van der Waals surface area contributed by atoms with Crippen LogP contribution in [0.5, 0.6) is 0 Å². The molecule has 3 aliphatic rings. The SMILES string of the molecule is Cc1cccc(C(O)C2=CNC3C=CC(C(=O)N4CCCCC4)=CN23)c1. The van der Waals surface area contributed by atoms with Crippen LogP contribution >= 0.6 is 0 Å². The summed E-state index contributed by atoms with van der Waals surface area (Å²) in [5.41, 5.74) is 3.40. The zero-order valence-electron chi connectivity index (χ0n) is 15.1. The first-order valence-corrected chi connectivity index (χ1v) is 9.32. The summed E-state index contributed by atoms with van der Waals surface area (Å²) in [7, 11) is 0. The Morgan fingerprint density at radius 1 is 1.27 bits per heavy atom. The van der Waals surface area contributed by atoms with Gasteiger partial charge in [0.2, 0.25) is 0 Å². The van der Waals surface area contributed by atoms with E-state index in [1.807, 2.05) is 65.5 Å². The number of aliphatic hydroxyl groups excluding tert-OH is 1. The number of carbonyl (C=O) groups excluding carboxylic acids is 1. The normalized spacial score (nSPS) is 23.1. The van der Waals surface area contributed by atoms with Crippen LogP contribution in [0.1, 0.15) is 36.5 Å². The highest BCUT2D eigenvalue weighted by molar-refractivity contribution is 5.96. The van der Waals surface area contributed by atoms with Crippen LogP contribution in [0, 0.1) is 6.92 Å². The van der Waals surface area contributed by atoms with Crippen LogP contribution in [0.2, 0.25) is 0 Å². The molecule has 4 rings (SSSR count). The Morgan fingerprint density at radius 3 is 2.85 bits per heavy atom. The smallest absolute Gasteiger partial charge is 0.255 e. The molecule has 5 heteroatoms. The molecule has 2 N–H and O–H groups in total. The molecule has 3 aliphatic heterocycles. The molecule has 0 spiro atoms. The first kappa shape index (κ1) is 16.9. The number of aliphatic hydroxyl groups is 1. The molecule has 26 heavy (non-hydrogen) atoms. The number of amides is 1. The van der Waals surface area contributed by atoms with E-state index in [1.165, 1.54) is 6.42 Å². The van der Waals surface area contributed by atoms with Crippen molar-refractivity contribution in [1.82, 2.24) is 15.1 Å². The summed E-state index contributed by atoms with van der Waals surface area (Å²) < 4.78 is 0. The fourth-order valence-corrected chi connectivity index (χ4v) is 3.81. The molecule has 2 unspecified atom stereocenters. The monoisotopic (exact) mass is 351 g/mol. The van der Waals surface area contributed by atoms with E-state index < -0.39 is 6.10 Å². The van der Waals surface area contributed by atoms with Crippen LogP contribution in [-0.2, 0) is 4.79 Å². The first-order valence-electron chi connectivity index (χ1n) is 9.32. The second kappa shape index (κ2) is 7.00. The molecule has 0 aromatic heterocycles. The van der Waals surface area contributed by atoms with Crippen molar-refractivity contribution in [3.63, 3.8) is 0 Å². The Bertz CT molecular complexity index is 790. The number of piperidine rings is 1. The fraction of sp³-hybridized carbons (Fsp3) is 0.381. The van der Waals surface area contributed by atoms with Gasteiger partial charge in [0, 0.05) is 25.5 Å². The summed E-state index contributed by atoms with van der Waals surface area (Å²) in [6.07, 6.45) is 10.1. The van der Waals surface area contributed by atoms with Gasteiger partial charge in [-0.25, -0.2) is 0 Å². The number of nitrogens with one attached hydrogen (secondary N) is 1. The first-order chi connectivity index (χ1) is 12.6. The van der Waals surface area contributed by atoms with Gasteiger partial charge in [0.1, 0.15) is 12.3 Å². The standard InChI is InChI=1S/C21H25N3O2/c1-15-6-5-7-16(12-15)20(25)18-13-22-19-9-8-17(14-24(18)19)21(26)23-10-3-2-4-11-23/h5-9,12-14,19-20,22,25H,2-4,10-11H2,1H3. The number of hydrogen-bond acceptors (Lipinski definition) is 4. The van der Waals surface area contributed by atoms with Crippen LogP contribution in [0.3, 0.4) is 0 Å². The van der Waals surface area contributed by atoms with Crippen molar-refractivity contribution in [3.8, 4) is 0 Å². The van der Waals surface area contributed by atoms with Gasteiger partial charge < -0.3 is 20.2 Å². The molecule has 1 aromatic carbocycles. The van der Waals surface area contributed by atoms with E-state index in [2.05, 4.69) is 5.32 Å². The van der Waals surface area contributed by atoms with Crippen molar-refractivity contribution in [2.75, 3.05) is 13.1 Å². The summed E-state index contributed by atoms with van der Waals surface area (Å²) in [5, 5.41) is 14.1. The number of likely N-dealkylation sites (tertiary alicyclic amines) is 1. The van der Waals surface area contributed by atoms with Crippen molar-refractivity contribution >= 4 is 5.91 Å². The van der Waals surface area contributed by atoms with Crippen LogP contribution in [-0.4, -0.2) is 40.1 Å². The quantitative estimate of drug-likeness (QED) is 0.879. The molecule has 1 amide bonds. The number of aryl methyl sites for hydroxylation is 1. The highest BCUT2D eigenvalue weighted by atomic mass is 16.3. The maximum Gasteiger partial charge on any atom is 0.255 e. The van der Waals surface area contributed by atoms with E-state index in [0.717, 1.165) is 42.8 Å². The zero-order chi connectivity index (χ0) is 18.1. The molecule has 0 saturated carbocycles. The van der Waals surface area contributed by atoms with E-state index in [4.69, 9.17) is 0 Å². The van der Waals surface area contributed by atoms with Gasteiger partial charge in [0.15, 0.2) is 0 Å². The van der Waals surface area contributed by atoms with Crippen molar-refractivity contribution in [3.05, 3.63) is 71.2 Å². The molecule has 1 aromatic rings. The van der Waals surface area contributed by atoms with Crippen molar-refractivity contribution < 1.29 is 9.90 Å². The molecule has 136 valence electrons. The minimum absolute atomic E-state index is 0.0534. The summed E-state index contributed by atoms with van der Waals surface area (Å²) in [6, 6.07) is 7.88. The van der Waals surface area contributed by atoms with Gasteiger partial charge in [-0.3, -0.25) is 4.79 Å². The third-order valence-electron chi connectivity index (χ3n) is 5.26. The number of rotatable bonds is 3. The molecular formula is C21H25N3O2. The predicted octanol–water partition coefficient (Wildman–Crippen LogP) is 2.57. The van der Waals surface area contributed by atoms with Crippen LogP contribution < -0.4 is 5.32 Å². The average molecular weight is 351 g/mol. The largest absolute Gasteiger partial charge is 0.382 e. The molecule has 2 atom stereocenters. The topological polar surface area (TPSA) is 55.8 Å². The van der Waals surface area contributed by atoms with E-state index >= 15 is 0 Å². The van der Waals surface area contributed by atoms with Gasteiger partial charge in [-0.1, -0.05) is 29.8 Å². The highest BCUT2D eigenvalue weighted by Crippen LogP contribution is 2.32. The van der Waals surface area contributed by atoms with Gasteiger partial charge >= 0.3 is 0 Å². The zero-order valence-corrected chi connectivity index (χ0v) is 15.1. The number of hydrogen-bond donors (Lipinski definition) is 2. The number of fused-ring (bicyclic) bond motifs is 1. The fourth-order valence-electron chi connectivity index (χ4n) is 3.81. The van der Waals surface area contributed by atoms with Crippen LogP contribution in [0.15, 0.2) is 60.1 Å². The number of nitrogens with zero attached hydrogens (tertiary/aromatic N) is 2. The summed E-state index contributed by atoms with van der Waals surface area (Å²) in [4.78, 5) is 16.7. The predicted molar refractivity (Wildman–Crippen MR) is 101 cm³/mol. The molecule has 0 bridgehead atoms. The van der Waals surface area contributed by atoms with Crippen molar-refractivity contribution in [1.29, 1.82) is 0 Å². The lowest BCUT2D eigenvalue weighted by Gasteiger charge is -2.32. The van der Waals surface area contributed by atoms with E-state index in [9.17, 15) is 9.90 Å². The van der Waals surface area contributed by atoms with Gasteiger partial charge in [-0.2, -0.15) is 0 Å². The Hall–Kier alpha value is -2.53. The molecule has 0 aliphatic carbocycles. The lowest BCUT2D eigenvalue weighted by molar-refractivity contribution is -0.127. The van der Waals surface area contributed by atoms with Gasteiger partial charge in [0.05, 0.1) is 11.3 Å².